The van der Waals surface area contributed by atoms with Gasteiger partial charge in [0, 0.05) is 12.1 Å². The molecule has 0 spiro atoms. The van der Waals surface area contributed by atoms with Gasteiger partial charge >= 0.3 is 0 Å². The first-order valence-electron chi connectivity index (χ1n) is 7.26. The van der Waals surface area contributed by atoms with Gasteiger partial charge in [-0.25, -0.2) is 0 Å². The number of hydrogen-bond donors (Lipinski definition) is 0. The van der Waals surface area contributed by atoms with E-state index in [-0.39, 0.29) is 0 Å². The Labute approximate surface area is 127 Å². The van der Waals surface area contributed by atoms with E-state index >= 15 is 0 Å². The van der Waals surface area contributed by atoms with Gasteiger partial charge in [-0.2, -0.15) is 0 Å². The molecule has 0 N–H and O–H groups in total. The Morgan fingerprint density at radius 1 is 1.00 bits per heavy atom. The standard InChI is InChI=1S/C19H23NO/c1-20(2)15-9-13-17(16-10-5-4-6-11-16)18-12-7-8-14-19(18)21-3/h4-8,10-14H,9,15H2,1-3H3. The fourth-order valence-corrected chi connectivity index (χ4v) is 2.34. The third-order valence-corrected chi connectivity index (χ3v) is 3.41. The lowest BCUT2D eigenvalue weighted by Gasteiger charge is -2.14. The van der Waals surface area contributed by atoms with Crippen molar-refractivity contribution in [2.75, 3.05) is 27.7 Å². The molecular weight excluding hydrogens is 258 g/mol. The van der Waals surface area contributed by atoms with Gasteiger partial charge in [-0.1, -0.05) is 54.6 Å². The first-order valence-corrected chi connectivity index (χ1v) is 7.26. The van der Waals surface area contributed by atoms with E-state index in [0.29, 0.717) is 0 Å². The van der Waals surface area contributed by atoms with E-state index in [9.17, 15) is 0 Å². The van der Waals surface area contributed by atoms with Crippen LogP contribution in [-0.4, -0.2) is 32.6 Å². The summed E-state index contributed by atoms with van der Waals surface area (Å²) >= 11 is 0. The number of ether oxygens (including phenoxy) is 1. The third-order valence-electron chi connectivity index (χ3n) is 3.41. The third kappa shape index (κ3) is 4.20. The summed E-state index contributed by atoms with van der Waals surface area (Å²) < 4.78 is 5.52. The number of benzene rings is 2. The molecule has 0 radical (unpaired) electrons. The summed E-state index contributed by atoms with van der Waals surface area (Å²) in [5, 5.41) is 0. The normalized spacial score (nSPS) is 11.7. The van der Waals surface area contributed by atoms with Crippen LogP contribution in [0, 0.1) is 0 Å². The van der Waals surface area contributed by atoms with Crippen molar-refractivity contribution < 1.29 is 4.74 Å². The van der Waals surface area contributed by atoms with E-state index in [1.807, 2.05) is 18.2 Å². The van der Waals surface area contributed by atoms with Crippen molar-refractivity contribution in [1.29, 1.82) is 0 Å². The van der Waals surface area contributed by atoms with Gasteiger partial charge in [0.1, 0.15) is 5.75 Å². The first-order chi connectivity index (χ1) is 10.2. The molecule has 0 saturated heterocycles. The number of nitrogens with zero attached hydrogens (tertiary/aromatic N) is 1. The Hall–Kier alpha value is -2.06. The van der Waals surface area contributed by atoms with Crippen LogP contribution < -0.4 is 4.74 Å². The summed E-state index contributed by atoms with van der Waals surface area (Å²) in [5.41, 5.74) is 3.60. The molecule has 2 nitrogen and oxygen atoms in total. The number of methoxy groups -OCH3 is 1. The van der Waals surface area contributed by atoms with Gasteiger partial charge in [0.15, 0.2) is 0 Å². The monoisotopic (exact) mass is 281 g/mol. The summed E-state index contributed by atoms with van der Waals surface area (Å²) in [6.45, 7) is 1.03. The zero-order valence-electron chi connectivity index (χ0n) is 13.0. The highest BCUT2D eigenvalue weighted by Crippen LogP contribution is 2.31. The molecule has 2 aromatic carbocycles. The van der Waals surface area contributed by atoms with Gasteiger partial charge < -0.3 is 9.64 Å². The first kappa shape index (κ1) is 15.3. The Balaban J connectivity index is 2.41. The molecule has 0 unspecified atom stereocenters. The van der Waals surface area contributed by atoms with E-state index in [1.165, 1.54) is 11.1 Å². The van der Waals surface area contributed by atoms with Crippen molar-refractivity contribution in [2.24, 2.45) is 0 Å². The largest absolute Gasteiger partial charge is 0.496 e. The SMILES string of the molecule is COc1ccccc1C(=CCCN(C)C)c1ccccc1. The minimum Gasteiger partial charge on any atom is -0.496 e. The number of hydrogen-bond acceptors (Lipinski definition) is 2. The molecule has 0 aliphatic heterocycles. The van der Waals surface area contributed by atoms with Crippen LogP contribution in [0.15, 0.2) is 60.7 Å². The molecule has 0 aliphatic rings. The van der Waals surface area contributed by atoms with Gasteiger partial charge in [0.05, 0.1) is 7.11 Å². The summed E-state index contributed by atoms with van der Waals surface area (Å²) in [6, 6.07) is 18.7. The molecule has 110 valence electrons. The van der Waals surface area contributed by atoms with Crippen LogP contribution in [0.3, 0.4) is 0 Å². The number of rotatable bonds is 6. The molecule has 21 heavy (non-hydrogen) atoms. The van der Waals surface area contributed by atoms with E-state index in [1.54, 1.807) is 7.11 Å². The summed E-state index contributed by atoms with van der Waals surface area (Å²) in [7, 11) is 5.92. The van der Waals surface area contributed by atoms with E-state index in [0.717, 1.165) is 24.3 Å². The topological polar surface area (TPSA) is 12.5 Å². The summed E-state index contributed by atoms with van der Waals surface area (Å²) in [4.78, 5) is 2.20. The second-order valence-corrected chi connectivity index (χ2v) is 5.28. The lowest BCUT2D eigenvalue weighted by molar-refractivity contribution is 0.413. The van der Waals surface area contributed by atoms with Gasteiger partial charge in [-0.05, 0) is 37.7 Å². The molecule has 0 heterocycles. The van der Waals surface area contributed by atoms with Crippen molar-refractivity contribution >= 4 is 5.57 Å². The highest BCUT2D eigenvalue weighted by Gasteiger charge is 2.09. The van der Waals surface area contributed by atoms with E-state index in [2.05, 4.69) is 61.5 Å². The molecule has 2 aromatic rings. The van der Waals surface area contributed by atoms with Crippen LogP contribution >= 0.6 is 0 Å². The molecule has 0 aromatic heterocycles. The van der Waals surface area contributed by atoms with Crippen LogP contribution in [0.25, 0.3) is 5.57 Å². The predicted molar refractivity (Wildman–Crippen MR) is 89.7 cm³/mol. The lowest BCUT2D eigenvalue weighted by atomic mass is 9.96. The maximum atomic E-state index is 5.52. The minimum absolute atomic E-state index is 0.914. The fourth-order valence-electron chi connectivity index (χ4n) is 2.34. The Morgan fingerprint density at radius 2 is 1.67 bits per heavy atom. The predicted octanol–water partition coefficient (Wildman–Crippen LogP) is 4.08. The van der Waals surface area contributed by atoms with Crippen molar-refractivity contribution in [2.45, 2.75) is 6.42 Å². The molecule has 0 bridgehead atoms. The highest BCUT2D eigenvalue weighted by molar-refractivity contribution is 5.82. The fraction of sp³-hybridized carbons (Fsp3) is 0.263. The smallest absolute Gasteiger partial charge is 0.126 e. The Kier molecular flexibility index (Phi) is 5.59. The second-order valence-electron chi connectivity index (χ2n) is 5.28. The summed E-state index contributed by atoms with van der Waals surface area (Å²) in [6.07, 6.45) is 3.31. The minimum atomic E-state index is 0.914. The van der Waals surface area contributed by atoms with Crippen LogP contribution in [0.1, 0.15) is 17.5 Å². The maximum Gasteiger partial charge on any atom is 0.126 e. The molecule has 0 aliphatic carbocycles. The van der Waals surface area contributed by atoms with Gasteiger partial charge in [0.2, 0.25) is 0 Å². The average molecular weight is 281 g/mol. The quantitative estimate of drug-likeness (QED) is 0.791. The molecule has 0 atom stereocenters. The molecular formula is C19H23NO. The lowest BCUT2D eigenvalue weighted by Crippen LogP contribution is -2.12. The van der Waals surface area contributed by atoms with Crippen LogP contribution in [0.2, 0.25) is 0 Å². The van der Waals surface area contributed by atoms with Crippen molar-refractivity contribution in [3.05, 3.63) is 71.8 Å². The second kappa shape index (κ2) is 7.65. The maximum absolute atomic E-state index is 5.52. The molecule has 0 saturated carbocycles. The van der Waals surface area contributed by atoms with Crippen LogP contribution in [0.5, 0.6) is 5.75 Å². The zero-order chi connectivity index (χ0) is 15.1. The zero-order valence-corrected chi connectivity index (χ0v) is 13.0. The average Bonchev–Trinajstić information content (AvgIpc) is 2.52. The van der Waals surface area contributed by atoms with E-state index in [4.69, 9.17) is 4.74 Å². The van der Waals surface area contributed by atoms with Crippen LogP contribution in [0.4, 0.5) is 0 Å². The van der Waals surface area contributed by atoms with E-state index < -0.39 is 0 Å². The van der Waals surface area contributed by atoms with Crippen molar-refractivity contribution in [3.8, 4) is 5.75 Å². The Bertz CT molecular complexity index is 588. The number of para-hydroxylation sites is 1. The highest BCUT2D eigenvalue weighted by atomic mass is 16.5. The molecule has 2 rings (SSSR count). The van der Waals surface area contributed by atoms with Crippen molar-refractivity contribution in [3.63, 3.8) is 0 Å². The van der Waals surface area contributed by atoms with Gasteiger partial charge in [-0.15, -0.1) is 0 Å². The Morgan fingerprint density at radius 3 is 2.33 bits per heavy atom. The molecule has 0 amide bonds. The summed E-state index contributed by atoms with van der Waals surface area (Å²) in [5.74, 6) is 0.914. The van der Waals surface area contributed by atoms with Gasteiger partial charge in [-0.3, -0.25) is 0 Å². The van der Waals surface area contributed by atoms with Crippen LogP contribution in [-0.2, 0) is 0 Å². The molecule has 0 fully saturated rings. The van der Waals surface area contributed by atoms with Gasteiger partial charge in [0.25, 0.3) is 0 Å². The molecule has 2 heteroatoms. The van der Waals surface area contributed by atoms with Crippen molar-refractivity contribution in [1.82, 2.24) is 4.90 Å².